The number of benzene rings is 3. The number of ether oxygens (including phenoxy) is 1. The third-order valence-corrected chi connectivity index (χ3v) is 9.02. The van der Waals surface area contributed by atoms with Crippen LogP contribution in [0.25, 0.3) is 10.8 Å². The van der Waals surface area contributed by atoms with Crippen molar-refractivity contribution in [2.24, 2.45) is 0 Å². The molecule has 7 nitrogen and oxygen atoms in total. The first-order valence-electron chi connectivity index (χ1n) is 15.7. The standard InChI is InChI=1S/C35H46N4O3/c1-3-26(27-12-6-4-7-13-27)25-39-23-18-29(37-32(35(39)41)19-22-38-20-10-5-11-21-38)24-36-34(40)31-17-16-28-14-8-9-15-30(28)33(31)42-2/h4,6-9,12-17,26,29,32,37H,3,5,10-11,18-25H2,1-2H3,(H,36,40)/t26?,29-,32-/m0/s1. The third-order valence-electron chi connectivity index (χ3n) is 9.02. The minimum absolute atomic E-state index is 0.00231. The maximum atomic E-state index is 14.0. The Morgan fingerprint density at radius 2 is 1.76 bits per heavy atom. The summed E-state index contributed by atoms with van der Waals surface area (Å²) in [6, 6.07) is 22.0. The van der Waals surface area contributed by atoms with Crippen LogP contribution in [-0.2, 0) is 4.79 Å². The van der Waals surface area contributed by atoms with Gasteiger partial charge in [-0.3, -0.25) is 9.59 Å². The van der Waals surface area contributed by atoms with Gasteiger partial charge in [-0.2, -0.15) is 0 Å². The molecule has 1 unspecified atom stereocenters. The summed E-state index contributed by atoms with van der Waals surface area (Å²) >= 11 is 0. The van der Waals surface area contributed by atoms with E-state index in [0.29, 0.717) is 36.9 Å². The summed E-state index contributed by atoms with van der Waals surface area (Å²) in [6.07, 6.45) is 6.31. The van der Waals surface area contributed by atoms with Gasteiger partial charge in [0.15, 0.2) is 0 Å². The van der Waals surface area contributed by atoms with Crippen molar-refractivity contribution in [3.8, 4) is 5.75 Å². The van der Waals surface area contributed by atoms with E-state index in [1.54, 1.807) is 7.11 Å². The topological polar surface area (TPSA) is 73.9 Å². The molecule has 7 heteroatoms. The van der Waals surface area contributed by atoms with Crippen molar-refractivity contribution in [3.63, 3.8) is 0 Å². The van der Waals surface area contributed by atoms with Crippen LogP contribution in [0.5, 0.6) is 5.75 Å². The number of nitrogens with zero attached hydrogens (tertiary/aromatic N) is 2. The second-order valence-corrected chi connectivity index (χ2v) is 11.8. The number of nitrogens with one attached hydrogen (secondary N) is 2. The molecule has 2 heterocycles. The molecule has 2 N–H and O–H groups in total. The van der Waals surface area contributed by atoms with Crippen molar-refractivity contribution in [2.45, 2.75) is 63.5 Å². The largest absolute Gasteiger partial charge is 0.495 e. The van der Waals surface area contributed by atoms with Crippen molar-refractivity contribution in [1.29, 1.82) is 0 Å². The summed E-state index contributed by atoms with van der Waals surface area (Å²) in [7, 11) is 1.61. The van der Waals surface area contributed by atoms with E-state index < -0.39 is 0 Å². The molecule has 3 atom stereocenters. The average molecular weight is 571 g/mol. The van der Waals surface area contributed by atoms with Crippen LogP contribution in [0.4, 0.5) is 0 Å². The van der Waals surface area contributed by atoms with Gasteiger partial charge in [0, 0.05) is 43.5 Å². The first kappa shape index (κ1) is 30.1. The predicted molar refractivity (Wildman–Crippen MR) is 169 cm³/mol. The van der Waals surface area contributed by atoms with E-state index in [1.165, 1.54) is 24.8 Å². The number of carbonyl (C=O) groups excluding carboxylic acids is 2. The summed E-state index contributed by atoms with van der Waals surface area (Å²) in [6.45, 7) is 7.19. The molecule has 42 heavy (non-hydrogen) atoms. The van der Waals surface area contributed by atoms with Crippen molar-refractivity contribution in [3.05, 3.63) is 77.9 Å². The number of piperidine rings is 1. The Morgan fingerprint density at radius 3 is 2.52 bits per heavy atom. The number of fused-ring (bicyclic) bond motifs is 1. The van der Waals surface area contributed by atoms with Crippen LogP contribution < -0.4 is 15.4 Å². The van der Waals surface area contributed by atoms with Gasteiger partial charge < -0.3 is 25.2 Å². The van der Waals surface area contributed by atoms with Crippen LogP contribution in [0.15, 0.2) is 66.7 Å². The zero-order chi connectivity index (χ0) is 29.3. The van der Waals surface area contributed by atoms with Gasteiger partial charge in [0.2, 0.25) is 5.91 Å². The molecule has 2 fully saturated rings. The van der Waals surface area contributed by atoms with E-state index in [2.05, 4.69) is 51.6 Å². The lowest BCUT2D eigenvalue weighted by Gasteiger charge is -2.31. The minimum atomic E-state index is -0.264. The van der Waals surface area contributed by atoms with Crippen LogP contribution in [-0.4, -0.2) is 80.1 Å². The maximum Gasteiger partial charge on any atom is 0.255 e. The first-order chi connectivity index (χ1) is 20.6. The van der Waals surface area contributed by atoms with E-state index in [0.717, 1.165) is 49.7 Å². The Labute approximate surface area is 250 Å². The van der Waals surface area contributed by atoms with E-state index in [4.69, 9.17) is 4.74 Å². The van der Waals surface area contributed by atoms with E-state index in [1.807, 2.05) is 42.5 Å². The molecule has 0 spiro atoms. The number of amides is 2. The number of methoxy groups -OCH3 is 1. The first-order valence-corrected chi connectivity index (χ1v) is 15.7. The highest BCUT2D eigenvalue weighted by Crippen LogP contribution is 2.30. The third kappa shape index (κ3) is 7.31. The molecule has 0 aromatic heterocycles. The predicted octanol–water partition coefficient (Wildman–Crippen LogP) is 5.21. The molecular formula is C35H46N4O3. The van der Waals surface area contributed by atoms with Gasteiger partial charge in [-0.1, -0.05) is 74.0 Å². The monoisotopic (exact) mass is 570 g/mol. The molecule has 5 rings (SSSR count). The lowest BCUT2D eigenvalue weighted by molar-refractivity contribution is -0.133. The van der Waals surface area contributed by atoms with Gasteiger partial charge in [-0.15, -0.1) is 0 Å². The number of rotatable bonds is 11. The van der Waals surface area contributed by atoms with Crippen molar-refractivity contribution >= 4 is 22.6 Å². The second-order valence-electron chi connectivity index (χ2n) is 11.8. The van der Waals surface area contributed by atoms with Gasteiger partial charge in [0.25, 0.3) is 5.91 Å². The maximum absolute atomic E-state index is 14.0. The van der Waals surface area contributed by atoms with E-state index in [-0.39, 0.29) is 23.9 Å². The highest BCUT2D eigenvalue weighted by atomic mass is 16.5. The zero-order valence-corrected chi connectivity index (χ0v) is 25.2. The lowest BCUT2D eigenvalue weighted by atomic mass is 9.95. The van der Waals surface area contributed by atoms with Crippen LogP contribution in [0.2, 0.25) is 0 Å². The molecule has 2 aliphatic rings. The molecule has 0 aliphatic carbocycles. The molecule has 0 bridgehead atoms. The molecular weight excluding hydrogens is 524 g/mol. The van der Waals surface area contributed by atoms with Gasteiger partial charge in [-0.05, 0) is 62.2 Å². The van der Waals surface area contributed by atoms with E-state index in [9.17, 15) is 9.59 Å². The van der Waals surface area contributed by atoms with Gasteiger partial charge in [-0.25, -0.2) is 0 Å². The minimum Gasteiger partial charge on any atom is -0.495 e. The van der Waals surface area contributed by atoms with Crippen LogP contribution >= 0.6 is 0 Å². The smallest absolute Gasteiger partial charge is 0.255 e. The number of hydrogen-bond acceptors (Lipinski definition) is 5. The Bertz CT molecular complexity index is 1320. The highest BCUT2D eigenvalue weighted by Gasteiger charge is 2.32. The Balaban J connectivity index is 1.28. The summed E-state index contributed by atoms with van der Waals surface area (Å²) in [5.74, 6) is 0.916. The second kappa shape index (κ2) is 14.7. The normalized spacial score (nSPS) is 20.7. The van der Waals surface area contributed by atoms with Crippen LogP contribution in [0.3, 0.4) is 0 Å². The molecule has 2 amide bonds. The summed E-state index contributed by atoms with van der Waals surface area (Å²) in [4.78, 5) is 31.9. The van der Waals surface area contributed by atoms with Crippen LogP contribution in [0, 0.1) is 0 Å². The molecule has 2 aliphatic heterocycles. The quantitative estimate of drug-likeness (QED) is 0.331. The molecule has 224 valence electrons. The fraction of sp³-hybridized carbons (Fsp3) is 0.486. The fourth-order valence-corrected chi connectivity index (χ4v) is 6.54. The lowest BCUT2D eigenvalue weighted by Crippen LogP contribution is -2.50. The molecule has 0 saturated carbocycles. The van der Waals surface area contributed by atoms with Crippen molar-refractivity contribution in [1.82, 2.24) is 20.4 Å². The average Bonchev–Trinajstić information content (AvgIpc) is 3.19. The van der Waals surface area contributed by atoms with E-state index >= 15 is 0 Å². The summed E-state index contributed by atoms with van der Waals surface area (Å²) in [5.41, 5.74) is 1.81. The SMILES string of the molecule is CCC(CN1CC[C@@H](CNC(=O)c2ccc3ccccc3c2OC)N[C@@H](CCN2CCCCC2)C1=O)c1ccccc1. The van der Waals surface area contributed by atoms with Gasteiger partial charge in [0.05, 0.1) is 18.7 Å². The summed E-state index contributed by atoms with van der Waals surface area (Å²) in [5, 5.41) is 8.77. The van der Waals surface area contributed by atoms with Crippen molar-refractivity contribution < 1.29 is 14.3 Å². The number of carbonyl (C=O) groups is 2. The zero-order valence-electron chi connectivity index (χ0n) is 25.2. The van der Waals surface area contributed by atoms with Crippen LogP contribution in [0.1, 0.15) is 67.3 Å². The number of likely N-dealkylation sites (tertiary alicyclic amines) is 1. The Morgan fingerprint density at radius 1 is 1.00 bits per heavy atom. The highest BCUT2D eigenvalue weighted by molar-refractivity contribution is 6.03. The Hall–Kier alpha value is -3.42. The summed E-state index contributed by atoms with van der Waals surface area (Å²) < 4.78 is 5.68. The molecule has 0 radical (unpaired) electrons. The molecule has 3 aromatic rings. The van der Waals surface area contributed by atoms with Crippen molar-refractivity contribution in [2.75, 3.05) is 46.4 Å². The van der Waals surface area contributed by atoms with Gasteiger partial charge >= 0.3 is 0 Å². The van der Waals surface area contributed by atoms with Gasteiger partial charge in [0.1, 0.15) is 5.75 Å². The molecule has 3 aromatic carbocycles. The number of hydrogen-bond donors (Lipinski definition) is 2. The molecule has 2 saturated heterocycles. The Kier molecular flexibility index (Phi) is 10.5. The fourth-order valence-electron chi connectivity index (χ4n) is 6.54.